The minimum Gasteiger partial charge on any atom is -0.481 e. The molecule has 3 amide bonds. The first kappa shape index (κ1) is 30.5. The number of thiophene rings is 1. The molecule has 2 heterocycles. The maximum Gasteiger partial charge on any atom is 0.305 e. The van der Waals surface area contributed by atoms with Crippen molar-refractivity contribution in [3.05, 3.63) is 117 Å². The molecule has 1 saturated heterocycles. The van der Waals surface area contributed by atoms with Crippen LogP contribution in [0.4, 0.5) is 11.4 Å². The molecular weight excluding hydrogens is 576 g/mol. The van der Waals surface area contributed by atoms with Crippen molar-refractivity contribution in [1.29, 1.82) is 0 Å². The molecule has 0 radical (unpaired) electrons. The van der Waals surface area contributed by atoms with Crippen molar-refractivity contribution in [3.8, 4) is 0 Å². The SMILES string of the molecule is Cc1ccc(C(CC(=O)O)NC(=O)c2ccc(N3CCCN(C(=O)c4cccs4)CC3)c(NC(=O)c3ccccc3)c2)cc1. The minimum absolute atomic E-state index is 0.0102. The number of anilines is 2. The first-order chi connectivity index (χ1) is 21.3. The third kappa shape index (κ3) is 7.51. The number of aryl methyl sites for hydroxylation is 1. The fourth-order valence-electron chi connectivity index (χ4n) is 5.22. The molecule has 5 rings (SSSR count). The topological polar surface area (TPSA) is 119 Å². The Bertz CT molecular complexity index is 1620. The van der Waals surface area contributed by atoms with Crippen LogP contribution in [0.25, 0.3) is 0 Å². The number of hydrogen-bond donors (Lipinski definition) is 3. The molecule has 44 heavy (non-hydrogen) atoms. The molecule has 0 aliphatic carbocycles. The number of nitrogens with zero attached hydrogens (tertiary/aromatic N) is 2. The van der Waals surface area contributed by atoms with E-state index in [4.69, 9.17) is 0 Å². The van der Waals surface area contributed by atoms with Gasteiger partial charge in [0.1, 0.15) is 0 Å². The van der Waals surface area contributed by atoms with Crippen LogP contribution >= 0.6 is 11.3 Å². The molecule has 226 valence electrons. The molecule has 3 aromatic carbocycles. The predicted octanol–water partition coefficient (Wildman–Crippen LogP) is 5.61. The van der Waals surface area contributed by atoms with Gasteiger partial charge in [0.15, 0.2) is 0 Å². The standard InChI is InChI=1S/C34H34N4O5S/c1-23-10-12-24(13-11-23)27(22-31(39)40)35-33(42)26-14-15-29(28(21-26)36-32(41)25-7-3-2-4-8-25)37-16-6-17-38(19-18-37)34(43)30-9-5-20-44-30/h2-5,7-15,20-21,27H,6,16-19,22H2,1H3,(H,35,42)(H,36,41)(H,39,40). The second-order valence-electron chi connectivity index (χ2n) is 10.7. The molecule has 4 aromatic rings. The third-order valence-corrected chi connectivity index (χ3v) is 8.42. The van der Waals surface area contributed by atoms with Gasteiger partial charge < -0.3 is 25.5 Å². The van der Waals surface area contributed by atoms with Crippen LogP contribution in [0.3, 0.4) is 0 Å². The summed E-state index contributed by atoms with van der Waals surface area (Å²) in [5, 5.41) is 17.3. The average molecular weight is 611 g/mol. The lowest BCUT2D eigenvalue weighted by atomic mass is 10.0. The summed E-state index contributed by atoms with van der Waals surface area (Å²) in [6.07, 6.45) is 0.456. The van der Waals surface area contributed by atoms with Gasteiger partial charge in [-0.3, -0.25) is 19.2 Å². The highest BCUT2D eigenvalue weighted by Gasteiger charge is 2.25. The number of carbonyl (C=O) groups excluding carboxylic acids is 3. The van der Waals surface area contributed by atoms with Gasteiger partial charge in [0, 0.05) is 37.3 Å². The number of carboxylic acids is 1. The van der Waals surface area contributed by atoms with Crippen LogP contribution in [-0.4, -0.2) is 59.9 Å². The van der Waals surface area contributed by atoms with Crippen LogP contribution in [0.5, 0.6) is 0 Å². The Morgan fingerprint density at radius 2 is 1.61 bits per heavy atom. The van der Waals surface area contributed by atoms with E-state index in [1.165, 1.54) is 11.3 Å². The highest BCUT2D eigenvalue weighted by Crippen LogP contribution is 2.30. The summed E-state index contributed by atoms with van der Waals surface area (Å²) in [5.41, 5.74) is 3.65. The monoisotopic (exact) mass is 610 g/mol. The Balaban J connectivity index is 1.40. The molecule has 1 atom stereocenters. The number of benzene rings is 3. The van der Waals surface area contributed by atoms with Gasteiger partial charge in [0.05, 0.1) is 28.7 Å². The van der Waals surface area contributed by atoms with Gasteiger partial charge in [-0.1, -0.05) is 54.1 Å². The maximum atomic E-state index is 13.5. The summed E-state index contributed by atoms with van der Waals surface area (Å²) in [6, 6.07) is 24.2. The van der Waals surface area contributed by atoms with Crippen LogP contribution in [0, 0.1) is 6.92 Å². The fraction of sp³-hybridized carbons (Fsp3) is 0.235. The summed E-state index contributed by atoms with van der Waals surface area (Å²) in [5.74, 6) is -1.80. The highest BCUT2D eigenvalue weighted by atomic mass is 32.1. The Hall–Kier alpha value is -4.96. The van der Waals surface area contributed by atoms with E-state index in [2.05, 4.69) is 15.5 Å². The van der Waals surface area contributed by atoms with Crippen molar-refractivity contribution in [2.24, 2.45) is 0 Å². The van der Waals surface area contributed by atoms with E-state index in [-0.39, 0.29) is 23.8 Å². The van der Waals surface area contributed by atoms with Crippen LogP contribution in [0.1, 0.15) is 60.4 Å². The molecule has 0 spiro atoms. The average Bonchev–Trinajstić information content (AvgIpc) is 3.46. The number of amides is 3. The summed E-state index contributed by atoms with van der Waals surface area (Å²) in [7, 11) is 0. The summed E-state index contributed by atoms with van der Waals surface area (Å²) < 4.78 is 0. The first-order valence-corrected chi connectivity index (χ1v) is 15.3. The van der Waals surface area contributed by atoms with Crippen molar-refractivity contribution < 1.29 is 24.3 Å². The van der Waals surface area contributed by atoms with Crippen LogP contribution in [-0.2, 0) is 4.79 Å². The van der Waals surface area contributed by atoms with E-state index in [0.717, 1.165) is 17.7 Å². The molecule has 0 saturated carbocycles. The molecule has 0 bridgehead atoms. The van der Waals surface area contributed by atoms with E-state index in [9.17, 15) is 24.3 Å². The molecule has 1 aliphatic heterocycles. The zero-order valence-electron chi connectivity index (χ0n) is 24.4. The van der Waals surface area contributed by atoms with E-state index >= 15 is 0 Å². The predicted molar refractivity (Wildman–Crippen MR) is 172 cm³/mol. The van der Waals surface area contributed by atoms with Gasteiger partial charge in [-0.05, 0) is 60.7 Å². The summed E-state index contributed by atoms with van der Waals surface area (Å²) >= 11 is 1.42. The van der Waals surface area contributed by atoms with Gasteiger partial charge >= 0.3 is 5.97 Å². The largest absolute Gasteiger partial charge is 0.481 e. The molecule has 10 heteroatoms. The minimum atomic E-state index is -1.03. The first-order valence-electron chi connectivity index (χ1n) is 14.5. The maximum absolute atomic E-state index is 13.5. The zero-order chi connectivity index (χ0) is 31.1. The second-order valence-corrected chi connectivity index (χ2v) is 11.6. The van der Waals surface area contributed by atoms with E-state index in [0.29, 0.717) is 47.9 Å². The summed E-state index contributed by atoms with van der Waals surface area (Å²) in [6.45, 7) is 4.26. The molecular formula is C34H34N4O5S. The smallest absolute Gasteiger partial charge is 0.305 e. The van der Waals surface area contributed by atoms with Crippen LogP contribution in [0.15, 0.2) is 90.3 Å². The van der Waals surface area contributed by atoms with E-state index in [1.807, 2.05) is 59.7 Å². The van der Waals surface area contributed by atoms with Crippen molar-refractivity contribution in [1.82, 2.24) is 10.2 Å². The number of rotatable bonds is 9. The molecule has 1 fully saturated rings. The molecule has 1 aliphatic rings. The third-order valence-electron chi connectivity index (χ3n) is 7.56. The lowest BCUT2D eigenvalue weighted by Crippen LogP contribution is -2.35. The number of nitrogens with one attached hydrogen (secondary N) is 2. The number of hydrogen-bond acceptors (Lipinski definition) is 6. The lowest BCUT2D eigenvalue weighted by molar-refractivity contribution is -0.137. The molecule has 1 aromatic heterocycles. The van der Waals surface area contributed by atoms with Crippen LogP contribution in [0.2, 0.25) is 0 Å². The fourth-order valence-corrected chi connectivity index (χ4v) is 5.91. The number of aliphatic carboxylic acids is 1. The molecule has 9 nitrogen and oxygen atoms in total. The second kappa shape index (κ2) is 14.0. The molecule has 1 unspecified atom stereocenters. The molecule has 3 N–H and O–H groups in total. The van der Waals surface area contributed by atoms with Crippen molar-refractivity contribution in [2.45, 2.75) is 25.8 Å². The lowest BCUT2D eigenvalue weighted by Gasteiger charge is -2.26. The number of carboxylic acid groups (broad SMARTS) is 1. The van der Waals surface area contributed by atoms with Crippen molar-refractivity contribution in [2.75, 3.05) is 36.4 Å². The zero-order valence-corrected chi connectivity index (χ0v) is 25.2. The summed E-state index contributed by atoms with van der Waals surface area (Å²) in [4.78, 5) is 56.0. The van der Waals surface area contributed by atoms with Gasteiger partial charge in [-0.15, -0.1) is 11.3 Å². The quantitative estimate of drug-likeness (QED) is 0.227. The van der Waals surface area contributed by atoms with E-state index < -0.39 is 17.9 Å². The Morgan fingerprint density at radius 1 is 0.841 bits per heavy atom. The Morgan fingerprint density at radius 3 is 2.32 bits per heavy atom. The Kier molecular flexibility index (Phi) is 9.71. The van der Waals surface area contributed by atoms with Crippen molar-refractivity contribution in [3.63, 3.8) is 0 Å². The van der Waals surface area contributed by atoms with Gasteiger partial charge in [-0.2, -0.15) is 0 Å². The van der Waals surface area contributed by atoms with E-state index in [1.54, 1.807) is 42.5 Å². The Labute approximate surface area is 260 Å². The van der Waals surface area contributed by atoms with Gasteiger partial charge in [0.25, 0.3) is 17.7 Å². The van der Waals surface area contributed by atoms with Gasteiger partial charge in [0.2, 0.25) is 0 Å². The highest BCUT2D eigenvalue weighted by molar-refractivity contribution is 7.12. The van der Waals surface area contributed by atoms with Gasteiger partial charge in [-0.25, -0.2) is 0 Å². The van der Waals surface area contributed by atoms with Crippen molar-refractivity contribution >= 4 is 46.4 Å². The van der Waals surface area contributed by atoms with Crippen LogP contribution < -0.4 is 15.5 Å². The normalized spacial score (nSPS) is 13.9. The number of carbonyl (C=O) groups is 4.